The molecule has 0 heterocycles. The Labute approximate surface area is 161 Å². The van der Waals surface area contributed by atoms with E-state index in [0.717, 1.165) is 53.7 Å². The quantitative estimate of drug-likeness (QED) is 0.277. The van der Waals surface area contributed by atoms with Crippen LogP contribution in [-0.4, -0.2) is 18.5 Å². The summed E-state index contributed by atoms with van der Waals surface area (Å²) in [4.78, 5) is 0. The first-order chi connectivity index (χ1) is 12.3. The van der Waals surface area contributed by atoms with Crippen LogP contribution >= 0.6 is 15.9 Å². The molecule has 0 N–H and O–H groups in total. The van der Waals surface area contributed by atoms with Crippen molar-refractivity contribution in [3.05, 3.63) is 35.9 Å². The minimum absolute atomic E-state index is 0.771. The van der Waals surface area contributed by atoms with E-state index in [2.05, 4.69) is 60.1 Å². The smallest absolute Gasteiger partial charge is 0.127 e. The second-order valence-electron chi connectivity index (χ2n) is 6.62. The Morgan fingerprint density at radius 1 is 0.760 bits per heavy atom. The van der Waals surface area contributed by atoms with E-state index < -0.39 is 0 Å². The molecule has 0 aromatic heterocycles. The Bertz CT molecular complexity index is 639. The Kier molecular flexibility index (Phi) is 9.17. The maximum atomic E-state index is 6.06. The molecule has 25 heavy (non-hydrogen) atoms. The van der Waals surface area contributed by atoms with Crippen molar-refractivity contribution in [3.8, 4) is 11.5 Å². The fourth-order valence-corrected chi connectivity index (χ4v) is 3.32. The monoisotopic (exact) mass is 406 g/mol. The molecule has 2 aromatic carbocycles. The van der Waals surface area contributed by atoms with Gasteiger partial charge in [-0.15, -0.1) is 0 Å². The first kappa shape index (κ1) is 20.1. The fraction of sp³-hybridized carbons (Fsp3) is 0.545. The van der Waals surface area contributed by atoms with Gasteiger partial charge in [-0.05, 0) is 50.8 Å². The topological polar surface area (TPSA) is 18.5 Å². The van der Waals surface area contributed by atoms with Crippen molar-refractivity contribution in [2.45, 2.75) is 58.8 Å². The second kappa shape index (κ2) is 11.4. The highest BCUT2D eigenvalue weighted by Gasteiger charge is 2.09. The van der Waals surface area contributed by atoms with Crippen LogP contribution < -0.4 is 9.47 Å². The molecule has 0 spiro atoms. The molecule has 0 saturated carbocycles. The van der Waals surface area contributed by atoms with Crippen LogP contribution in [0.3, 0.4) is 0 Å². The molecule has 0 saturated heterocycles. The Morgan fingerprint density at radius 2 is 1.40 bits per heavy atom. The molecule has 0 aliphatic carbocycles. The van der Waals surface area contributed by atoms with E-state index in [0.29, 0.717) is 0 Å². The van der Waals surface area contributed by atoms with Crippen LogP contribution in [0.5, 0.6) is 11.5 Å². The summed E-state index contributed by atoms with van der Waals surface area (Å²) in [7, 11) is 0. The Hall–Kier alpha value is -1.22. The third kappa shape index (κ3) is 6.54. The number of unbranched alkanes of at least 4 members (excludes halogenated alkanes) is 5. The predicted molar refractivity (Wildman–Crippen MR) is 111 cm³/mol. The summed E-state index contributed by atoms with van der Waals surface area (Å²) in [6.07, 6.45) is 8.38. The maximum Gasteiger partial charge on any atom is 0.127 e. The van der Waals surface area contributed by atoms with E-state index in [1.807, 2.05) is 0 Å². The predicted octanol–water partition coefficient (Wildman–Crippen LogP) is 7.05. The van der Waals surface area contributed by atoms with E-state index >= 15 is 0 Å². The van der Waals surface area contributed by atoms with Crippen molar-refractivity contribution in [3.63, 3.8) is 0 Å². The van der Waals surface area contributed by atoms with Gasteiger partial charge in [0.15, 0.2) is 0 Å². The van der Waals surface area contributed by atoms with Crippen LogP contribution in [0.25, 0.3) is 10.8 Å². The minimum Gasteiger partial charge on any atom is -0.493 e. The third-order valence-corrected chi connectivity index (χ3v) is 4.94. The van der Waals surface area contributed by atoms with Crippen LogP contribution in [0.2, 0.25) is 0 Å². The SMILES string of the molecule is CCCCCCOc1ccc(OCCCCCBr)c2cc(C)ccc12. The largest absolute Gasteiger partial charge is 0.493 e. The zero-order valence-electron chi connectivity index (χ0n) is 15.7. The lowest BCUT2D eigenvalue weighted by Gasteiger charge is -2.14. The highest BCUT2D eigenvalue weighted by molar-refractivity contribution is 9.09. The summed E-state index contributed by atoms with van der Waals surface area (Å²) in [5, 5.41) is 3.38. The van der Waals surface area contributed by atoms with Crippen LogP contribution in [0, 0.1) is 6.92 Å². The van der Waals surface area contributed by atoms with Gasteiger partial charge in [-0.25, -0.2) is 0 Å². The van der Waals surface area contributed by atoms with Gasteiger partial charge in [-0.1, -0.05) is 59.8 Å². The number of hydrogen-bond donors (Lipinski definition) is 0. The number of fused-ring (bicyclic) bond motifs is 1. The zero-order chi connectivity index (χ0) is 17.9. The standard InChI is InChI=1S/C22H31BrO2/c1-3-4-5-8-15-24-21-12-13-22(25-16-9-6-7-14-23)20-17-18(2)10-11-19(20)21/h10-13,17H,3-9,14-16H2,1-2H3. The van der Waals surface area contributed by atoms with Gasteiger partial charge in [0, 0.05) is 16.1 Å². The average Bonchev–Trinajstić information content (AvgIpc) is 2.62. The lowest BCUT2D eigenvalue weighted by atomic mass is 10.1. The molecule has 0 aliphatic heterocycles. The van der Waals surface area contributed by atoms with Gasteiger partial charge in [0.05, 0.1) is 13.2 Å². The molecule has 2 nitrogen and oxygen atoms in total. The van der Waals surface area contributed by atoms with Gasteiger partial charge in [0.2, 0.25) is 0 Å². The van der Waals surface area contributed by atoms with Crippen molar-refractivity contribution >= 4 is 26.7 Å². The number of alkyl halides is 1. The van der Waals surface area contributed by atoms with Gasteiger partial charge < -0.3 is 9.47 Å². The van der Waals surface area contributed by atoms with Crippen LogP contribution in [0.15, 0.2) is 30.3 Å². The molecule has 0 atom stereocenters. The van der Waals surface area contributed by atoms with Crippen molar-refractivity contribution < 1.29 is 9.47 Å². The van der Waals surface area contributed by atoms with E-state index in [1.165, 1.54) is 37.7 Å². The molecule has 2 rings (SSSR count). The molecule has 2 aromatic rings. The number of benzene rings is 2. The molecule has 0 fully saturated rings. The zero-order valence-corrected chi connectivity index (χ0v) is 17.2. The molecule has 0 unspecified atom stereocenters. The molecule has 0 radical (unpaired) electrons. The molecular formula is C22H31BrO2. The van der Waals surface area contributed by atoms with Crippen LogP contribution in [0.4, 0.5) is 0 Å². The third-order valence-electron chi connectivity index (χ3n) is 4.38. The van der Waals surface area contributed by atoms with Crippen molar-refractivity contribution in [1.82, 2.24) is 0 Å². The van der Waals surface area contributed by atoms with Gasteiger partial charge in [-0.3, -0.25) is 0 Å². The van der Waals surface area contributed by atoms with E-state index in [1.54, 1.807) is 0 Å². The molecular weight excluding hydrogens is 376 g/mol. The average molecular weight is 407 g/mol. The van der Waals surface area contributed by atoms with Crippen molar-refractivity contribution in [2.75, 3.05) is 18.5 Å². The molecule has 0 amide bonds. The maximum absolute atomic E-state index is 6.06. The number of aryl methyl sites for hydroxylation is 1. The molecule has 0 aliphatic rings. The normalized spacial score (nSPS) is 11.0. The summed E-state index contributed by atoms with van der Waals surface area (Å²) in [5.41, 5.74) is 1.25. The van der Waals surface area contributed by atoms with Gasteiger partial charge in [0.1, 0.15) is 11.5 Å². The fourth-order valence-electron chi connectivity index (χ4n) is 2.93. The number of ether oxygens (including phenoxy) is 2. The number of hydrogen-bond acceptors (Lipinski definition) is 2. The first-order valence-electron chi connectivity index (χ1n) is 9.61. The highest BCUT2D eigenvalue weighted by Crippen LogP contribution is 2.34. The Morgan fingerprint density at radius 3 is 2.04 bits per heavy atom. The van der Waals surface area contributed by atoms with Gasteiger partial charge >= 0.3 is 0 Å². The van der Waals surface area contributed by atoms with Crippen molar-refractivity contribution in [1.29, 1.82) is 0 Å². The van der Waals surface area contributed by atoms with Gasteiger partial charge in [-0.2, -0.15) is 0 Å². The highest BCUT2D eigenvalue weighted by atomic mass is 79.9. The molecule has 0 bridgehead atoms. The lowest BCUT2D eigenvalue weighted by molar-refractivity contribution is 0.302. The summed E-state index contributed by atoms with van der Waals surface area (Å²) >= 11 is 3.47. The van der Waals surface area contributed by atoms with E-state index in [4.69, 9.17) is 9.47 Å². The molecule has 3 heteroatoms. The van der Waals surface area contributed by atoms with Crippen LogP contribution in [0.1, 0.15) is 57.4 Å². The second-order valence-corrected chi connectivity index (χ2v) is 7.41. The van der Waals surface area contributed by atoms with Crippen molar-refractivity contribution in [2.24, 2.45) is 0 Å². The Balaban J connectivity index is 2.05. The summed E-state index contributed by atoms with van der Waals surface area (Å²) < 4.78 is 12.1. The summed E-state index contributed by atoms with van der Waals surface area (Å²) in [6, 6.07) is 10.6. The summed E-state index contributed by atoms with van der Waals surface area (Å²) in [5.74, 6) is 1.94. The van der Waals surface area contributed by atoms with Crippen LogP contribution in [-0.2, 0) is 0 Å². The van der Waals surface area contributed by atoms with E-state index in [-0.39, 0.29) is 0 Å². The minimum atomic E-state index is 0.771. The lowest BCUT2D eigenvalue weighted by Crippen LogP contribution is -2.01. The molecule has 138 valence electrons. The van der Waals surface area contributed by atoms with E-state index in [9.17, 15) is 0 Å². The number of halogens is 1. The number of rotatable bonds is 12. The van der Waals surface area contributed by atoms with Gasteiger partial charge in [0.25, 0.3) is 0 Å². The summed E-state index contributed by atoms with van der Waals surface area (Å²) in [6.45, 7) is 5.91. The first-order valence-corrected chi connectivity index (χ1v) is 10.7.